The number of nitrogens with zero attached hydrogens (tertiary/aromatic N) is 4. The summed E-state index contributed by atoms with van der Waals surface area (Å²) in [6, 6.07) is 0. The van der Waals surface area contributed by atoms with E-state index in [1.807, 2.05) is 13.2 Å². The van der Waals surface area contributed by atoms with Gasteiger partial charge in [-0.3, -0.25) is 4.68 Å². The van der Waals surface area contributed by atoms with Crippen LogP contribution in [0.1, 0.15) is 17.5 Å². The summed E-state index contributed by atoms with van der Waals surface area (Å²) in [4.78, 5) is 5.57. The predicted molar refractivity (Wildman–Crippen MR) is 59.8 cm³/mol. The van der Waals surface area contributed by atoms with Crippen LogP contribution in [0.2, 0.25) is 0 Å². The first kappa shape index (κ1) is 10.1. The van der Waals surface area contributed by atoms with E-state index in [1.165, 1.54) is 4.88 Å². The Kier molecular flexibility index (Phi) is 2.96. The van der Waals surface area contributed by atoms with Gasteiger partial charge in [0.2, 0.25) is 0 Å². The minimum Gasteiger partial charge on any atom is -0.356 e. The lowest BCUT2D eigenvalue weighted by atomic mass is 10.4. The van der Waals surface area contributed by atoms with Gasteiger partial charge in [-0.15, -0.1) is 16.4 Å². The molecule has 6 heteroatoms. The molecule has 0 aliphatic rings. The molecule has 0 aromatic carbocycles. The highest BCUT2D eigenvalue weighted by Gasteiger charge is 2.02. The molecule has 15 heavy (non-hydrogen) atoms. The molecule has 0 bridgehead atoms. The van der Waals surface area contributed by atoms with Gasteiger partial charge in [0.05, 0.1) is 18.4 Å². The Labute approximate surface area is 92.2 Å². The van der Waals surface area contributed by atoms with Crippen molar-refractivity contribution in [2.45, 2.75) is 19.9 Å². The second kappa shape index (κ2) is 4.39. The van der Waals surface area contributed by atoms with Gasteiger partial charge in [-0.2, -0.15) is 0 Å². The monoisotopic (exact) mass is 223 g/mol. The second-order valence-corrected chi connectivity index (χ2v) is 4.30. The molecule has 0 aliphatic carbocycles. The molecule has 80 valence electrons. The maximum Gasteiger partial charge on any atom is 0.183 e. The molecule has 2 aromatic rings. The minimum absolute atomic E-state index is 0.708. The van der Waals surface area contributed by atoms with E-state index in [1.54, 1.807) is 22.2 Å². The van der Waals surface area contributed by atoms with Gasteiger partial charge >= 0.3 is 0 Å². The van der Waals surface area contributed by atoms with Crippen LogP contribution in [0.5, 0.6) is 0 Å². The Balaban J connectivity index is 1.96. The largest absolute Gasteiger partial charge is 0.356 e. The number of aryl methyl sites for hydroxylation is 2. The first-order chi connectivity index (χ1) is 7.29. The van der Waals surface area contributed by atoms with Crippen LogP contribution in [0, 0.1) is 0 Å². The molecule has 0 radical (unpaired) electrons. The zero-order valence-corrected chi connectivity index (χ0v) is 9.58. The van der Waals surface area contributed by atoms with E-state index in [4.69, 9.17) is 0 Å². The summed E-state index contributed by atoms with van der Waals surface area (Å²) < 4.78 is 1.75. The van der Waals surface area contributed by atoms with E-state index in [0.29, 0.717) is 6.54 Å². The summed E-state index contributed by atoms with van der Waals surface area (Å²) in [7, 11) is 1.88. The van der Waals surface area contributed by atoms with E-state index in [2.05, 4.69) is 27.5 Å². The third kappa shape index (κ3) is 2.33. The van der Waals surface area contributed by atoms with E-state index in [-0.39, 0.29) is 0 Å². The molecule has 2 aromatic heterocycles. The number of hydrogen-bond donors (Lipinski definition) is 1. The molecule has 2 heterocycles. The number of nitrogens with one attached hydrogen (secondary N) is 1. The number of rotatable bonds is 4. The van der Waals surface area contributed by atoms with Gasteiger partial charge in [-0.1, -0.05) is 12.1 Å². The first-order valence-electron chi connectivity index (χ1n) is 4.81. The van der Waals surface area contributed by atoms with Crippen LogP contribution in [0.25, 0.3) is 0 Å². The molecule has 1 N–H and O–H groups in total. The highest BCUT2D eigenvalue weighted by molar-refractivity contribution is 7.15. The summed E-state index contributed by atoms with van der Waals surface area (Å²) in [5.74, 6) is 0. The zero-order valence-electron chi connectivity index (χ0n) is 8.77. The van der Waals surface area contributed by atoms with Crippen molar-refractivity contribution in [2.75, 3.05) is 5.32 Å². The average Bonchev–Trinajstić information content (AvgIpc) is 2.84. The Morgan fingerprint density at radius 1 is 1.47 bits per heavy atom. The lowest BCUT2D eigenvalue weighted by molar-refractivity contribution is 0.683. The highest BCUT2D eigenvalue weighted by Crippen LogP contribution is 2.18. The third-order valence-electron chi connectivity index (χ3n) is 2.13. The van der Waals surface area contributed by atoms with Gasteiger partial charge in [0.15, 0.2) is 5.13 Å². The summed E-state index contributed by atoms with van der Waals surface area (Å²) in [6.45, 7) is 2.84. The third-order valence-corrected chi connectivity index (χ3v) is 3.23. The molecule has 0 aliphatic heterocycles. The number of thiazole rings is 1. The van der Waals surface area contributed by atoms with Crippen molar-refractivity contribution >= 4 is 16.5 Å². The Morgan fingerprint density at radius 2 is 2.33 bits per heavy atom. The van der Waals surface area contributed by atoms with Crippen LogP contribution >= 0.6 is 11.3 Å². The number of aromatic nitrogens is 4. The van der Waals surface area contributed by atoms with Crippen LogP contribution in [0.4, 0.5) is 5.13 Å². The maximum atomic E-state index is 4.27. The van der Waals surface area contributed by atoms with Crippen molar-refractivity contribution in [1.29, 1.82) is 0 Å². The van der Waals surface area contributed by atoms with Gasteiger partial charge in [-0.25, -0.2) is 4.98 Å². The van der Waals surface area contributed by atoms with Gasteiger partial charge < -0.3 is 5.32 Å². The fourth-order valence-corrected chi connectivity index (χ4v) is 1.94. The average molecular weight is 223 g/mol. The molecular formula is C9H13N5S. The molecule has 0 amide bonds. The van der Waals surface area contributed by atoms with Gasteiger partial charge in [0.25, 0.3) is 0 Å². The Morgan fingerprint density at radius 3 is 2.93 bits per heavy atom. The van der Waals surface area contributed by atoms with Crippen LogP contribution in [-0.2, 0) is 20.0 Å². The van der Waals surface area contributed by atoms with Crippen LogP contribution in [0.3, 0.4) is 0 Å². The zero-order chi connectivity index (χ0) is 10.7. The normalized spacial score (nSPS) is 10.5. The van der Waals surface area contributed by atoms with Crippen LogP contribution in [0.15, 0.2) is 12.4 Å². The Bertz CT molecular complexity index is 433. The maximum absolute atomic E-state index is 4.27. The smallest absolute Gasteiger partial charge is 0.183 e. The summed E-state index contributed by atoms with van der Waals surface area (Å²) in [6.07, 6.45) is 4.70. The van der Waals surface area contributed by atoms with Crippen molar-refractivity contribution in [1.82, 2.24) is 20.0 Å². The van der Waals surface area contributed by atoms with E-state index in [0.717, 1.165) is 17.2 Å². The fraction of sp³-hybridized carbons (Fsp3) is 0.444. The van der Waals surface area contributed by atoms with Crippen molar-refractivity contribution in [3.63, 3.8) is 0 Å². The summed E-state index contributed by atoms with van der Waals surface area (Å²) >= 11 is 1.69. The SMILES string of the molecule is CCc1cnc(NCc2cnnn2C)s1. The molecule has 0 saturated carbocycles. The second-order valence-electron chi connectivity index (χ2n) is 3.19. The molecule has 5 nitrogen and oxygen atoms in total. The molecule has 0 saturated heterocycles. The lowest BCUT2D eigenvalue weighted by Crippen LogP contribution is -2.04. The van der Waals surface area contributed by atoms with Gasteiger partial charge in [0, 0.05) is 18.1 Å². The van der Waals surface area contributed by atoms with Crippen molar-refractivity contribution in [3.8, 4) is 0 Å². The van der Waals surface area contributed by atoms with Gasteiger partial charge in [-0.05, 0) is 6.42 Å². The molecule has 0 unspecified atom stereocenters. The topological polar surface area (TPSA) is 55.6 Å². The highest BCUT2D eigenvalue weighted by atomic mass is 32.1. The van der Waals surface area contributed by atoms with E-state index in [9.17, 15) is 0 Å². The number of anilines is 1. The fourth-order valence-electron chi connectivity index (χ4n) is 1.19. The number of hydrogen-bond acceptors (Lipinski definition) is 5. The van der Waals surface area contributed by atoms with Crippen LogP contribution < -0.4 is 5.32 Å². The Hall–Kier alpha value is -1.43. The van der Waals surface area contributed by atoms with Crippen LogP contribution in [-0.4, -0.2) is 20.0 Å². The molecule has 0 fully saturated rings. The summed E-state index contributed by atoms with van der Waals surface area (Å²) in [5.41, 5.74) is 1.04. The minimum atomic E-state index is 0.708. The molecule has 2 rings (SSSR count). The van der Waals surface area contributed by atoms with Crippen molar-refractivity contribution < 1.29 is 0 Å². The van der Waals surface area contributed by atoms with Gasteiger partial charge in [0.1, 0.15) is 0 Å². The molecule has 0 atom stereocenters. The van der Waals surface area contributed by atoms with Crippen molar-refractivity contribution in [2.24, 2.45) is 7.05 Å². The molecule has 0 spiro atoms. The standard InChI is InChI=1S/C9H13N5S/c1-3-8-6-11-9(15-8)10-4-7-5-12-13-14(7)2/h5-6H,3-4H2,1-2H3,(H,10,11). The van der Waals surface area contributed by atoms with Crippen molar-refractivity contribution in [3.05, 3.63) is 23.0 Å². The quantitative estimate of drug-likeness (QED) is 0.852. The van der Waals surface area contributed by atoms with E-state index >= 15 is 0 Å². The molecular weight excluding hydrogens is 210 g/mol. The predicted octanol–water partition coefficient (Wildman–Crippen LogP) is 1.45. The lowest BCUT2D eigenvalue weighted by Gasteiger charge is -2.01. The summed E-state index contributed by atoms with van der Waals surface area (Å²) in [5, 5.41) is 11.9. The van der Waals surface area contributed by atoms with E-state index < -0.39 is 0 Å². The first-order valence-corrected chi connectivity index (χ1v) is 5.63.